The van der Waals surface area contributed by atoms with Gasteiger partial charge in [-0.2, -0.15) is 4.31 Å². The number of fused-ring (bicyclic) bond motifs is 1. The molecule has 2 aromatic rings. The third kappa shape index (κ3) is 5.17. The first-order valence-corrected chi connectivity index (χ1v) is 12.7. The van der Waals surface area contributed by atoms with Crippen LogP contribution in [0.1, 0.15) is 18.9 Å². The minimum Gasteiger partial charge on any atom is -0.368 e. The maximum absolute atomic E-state index is 12.7. The van der Waals surface area contributed by atoms with E-state index >= 15 is 0 Å². The van der Waals surface area contributed by atoms with Crippen LogP contribution >= 0.6 is 11.8 Å². The quantitative estimate of drug-likeness (QED) is 0.473. The summed E-state index contributed by atoms with van der Waals surface area (Å²) < 4.78 is 26.4. The van der Waals surface area contributed by atoms with Gasteiger partial charge in [-0.05, 0) is 61.9 Å². The number of sulfonamides is 1. The average Bonchev–Trinajstić information content (AvgIpc) is 3.06. The summed E-state index contributed by atoms with van der Waals surface area (Å²) in [6, 6.07) is 15.6. The van der Waals surface area contributed by atoms with Crippen LogP contribution in [0, 0.1) is 0 Å². The summed E-state index contributed by atoms with van der Waals surface area (Å²) in [6.07, 6.45) is 3.78. The topological polar surface area (TPSA) is 69.7 Å². The van der Waals surface area contributed by atoms with Gasteiger partial charge in [-0.3, -0.25) is 4.79 Å². The predicted octanol–water partition coefficient (Wildman–Crippen LogP) is 2.99. The predicted molar refractivity (Wildman–Crippen MR) is 123 cm³/mol. The highest BCUT2D eigenvalue weighted by atomic mass is 32.2. The molecule has 1 heterocycles. The fourth-order valence-electron chi connectivity index (χ4n) is 3.72. The van der Waals surface area contributed by atoms with Crippen molar-refractivity contribution in [2.24, 2.45) is 0 Å². The largest absolute Gasteiger partial charge is 0.368 e. The first kappa shape index (κ1) is 22.7. The third-order valence-corrected chi connectivity index (χ3v) is 7.94. The summed E-state index contributed by atoms with van der Waals surface area (Å²) in [5.41, 5.74) is 2.64. The number of anilines is 1. The van der Waals surface area contributed by atoms with Crippen LogP contribution < -0.4 is 10.2 Å². The normalized spacial score (nSPS) is 16.0. The van der Waals surface area contributed by atoms with Crippen molar-refractivity contribution in [3.63, 3.8) is 0 Å². The van der Waals surface area contributed by atoms with Crippen LogP contribution in [0.25, 0.3) is 0 Å². The number of para-hydroxylation sites is 1. The Morgan fingerprint density at radius 2 is 1.90 bits per heavy atom. The summed E-state index contributed by atoms with van der Waals surface area (Å²) in [4.78, 5) is 15.8. The number of likely N-dealkylation sites (N-methyl/N-ethyl adjacent to an activating group) is 1. The van der Waals surface area contributed by atoms with E-state index in [0.717, 1.165) is 28.6 Å². The van der Waals surface area contributed by atoms with E-state index in [0.29, 0.717) is 12.6 Å². The summed E-state index contributed by atoms with van der Waals surface area (Å²) in [5.74, 6) is -0.295. The molecule has 3 rings (SSSR count). The Morgan fingerprint density at radius 1 is 1.20 bits per heavy atom. The molecule has 0 saturated heterocycles. The van der Waals surface area contributed by atoms with Gasteiger partial charge in [0.25, 0.3) is 0 Å². The number of carbonyl (C=O) groups is 1. The van der Waals surface area contributed by atoms with Gasteiger partial charge in [0.1, 0.15) is 0 Å². The van der Waals surface area contributed by atoms with Gasteiger partial charge in [0.05, 0.1) is 11.4 Å². The molecular formula is C22H29N3O3S2. The number of nitrogens with one attached hydrogen (secondary N) is 1. The van der Waals surface area contributed by atoms with Gasteiger partial charge in [0.2, 0.25) is 15.9 Å². The van der Waals surface area contributed by atoms with Crippen molar-refractivity contribution < 1.29 is 13.2 Å². The highest BCUT2D eigenvalue weighted by Crippen LogP contribution is 2.31. The number of thioether (sulfide) groups is 1. The van der Waals surface area contributed by atoms with E-state index < -0.39 is 10.0 Å². The zero-order chi connectivity index (χ0) is 21.7. The molecule has 0 aliphatic carbocycles. The fourth-order valence-corrected chi connectivity index (χ4v) is 5.25. The zero-order valence-corrected chi connectivity index (χ0v) is 19.3. The maximum Gasteiger partial charge on any atom is 0.243 e. The second-order valence-electron chi connectivity index (χ2n) is 7.52. The van der Waals surface area contributed by atoms with E-state index in [4.69, 9.17) is 0 Å². The third-order valence-electron chi connectivity index (χ3n) is 5.38. The number of hydrogen-bond donors (Lipinski definition) is 1. The molecule has 0 bridgehead atoms. The Bertz CT molecular complexity index is 977. The monoisotopic (exact) mass is 447 g/mol. The van der Waals surface area contributed by atoms with Crippen molar-refractivity contribution in [1.82, 2.24) is 9.62 Å². The Morgan fingerprint density at radius 3 is 2.60 bits per heavy atom. The van der Waals surface area contributed by atoms with Gasteiger partial charge in [-0.15, -0.1) is 11.8 Å². The first-order chi connectivity index (χ1) is 14.3. The van der Waals surface area contributed by atoms with Gasteiger partial charge in [-0.1, -0.05) is 18.2 Å². The van der Waals surface area contributed by atoms with Gasteiger partial charge in [-0.25, -0.2) is 8.42 Å². The molecule has 0 spiro atoms. The summed E-state index contributed by atoms with van der Waals surface area (Å²) in [6.45, 7) is 3.38. The molecule has 1 aliphatic heterocycles. The van der Waals surface area contributed by atoms with E-state index in [-0.39, 0.29) is 17.3 Å². The lowest BCUT2D eigenvalue weighted by Crippen LogP contribution is -2.39. The van der Waals surface area contributed by atoms with Gasteiger partial charge >= 0.3 is 0 Å². The maximum atomic E-state index is 12.7. The molecule has 8 heteroatoms. The molecule has 0 aromatic heterocycles. The molecule has 162 valence electrons. The summed E-state index contributed by atoms with van der Waals surface area (Å²) in [7, 11) is -2.26. The Hall–Kier alpha value is -2.03. The SMILES string of the molecule is CSc1ccc(S(=O)(=O)N(C)CC(=O)NCCCN2c3ccccc3C[C@H]2C)cc1. The van der Waals surface area contributed by atoms with Crippen molar-refractivity contribution in [1.29, 1.82) is 0 Å². The summed E-state index contributed by atoms with van der Waals surface area (Å²) in [5, 5.41) is 2.84. The molecule has 2 aromatic carbocycles. The molecule has 0 unspecified atom stereocenters. The minimum atomic E-state index is -3.69. The Balaban J connectivity index is 1.46. The smallest absolute Gasteiger partial charge is 0.243 e. The van der Waals surface area contributed by atoms with E-state index in [9.17, 15) is 13.2 Å². The van der Waals surface area contributed by atoms with E-state index in [1.807, 2.05) is 6.26 Å². The Labute approximate surface area is 183 Å². The molecule has 0 fully saturated rings. The zero-order valence-electron chi connectivity index (χ0n) is 17.7. The van der Waals surface area contributed by atoms with Crippen LogP contribution in [0.3, 0.4) is 0 Å². The van der Waals surface area contributed by atoms with Gasteiger partial charge in [0, 0.05) is 36.8 Å². The first-order valence-electron chi connectivity index (χ1n) is 10.0. The molecule has 0 saturated carbocycles. The number of rotatable bonds is 9. The van der Waals surface area contributed by atoms with E-state index in [1.54, 1.807) is 36.0 Å². The standard InChI is InChI=1S/C22H29N3O3S2/c1-17-15-18-7-4-5-8-21(18)25(17)14-6-13-23-22(26)16-24(2)30(27,28)20-11-9-19(29-3)10-12-20/h4-5,7-12,17H,6,13-16H2,1-3H3,(H,23,26)/t17-/m1/s1. The van der Waals surface area contributed by atoms with Crippen molar-refractivity contribution in [3.05, 3.63) is 54.1 Å². The van der Waals surface area contributed by atoms with Gasteiger partial charge < -0.3 is 10.2 Å². The Kier molecular flexibility index (Phi) is 7.44. The van der Waals surface area contributed by atoms with E-state index in [2.05, 4.69) is 41.4 Å². The number of amides is 1. The molecule has 6 nitrogen and oxygen atoms in total. The number of carbonyl (C=O) groups excluding carboxylic acids is 1. The molecule has 30 heavy (non-hydrogen) atoms. The van der Waals surface area contributed by atoms with E-state index in [1.165, 1.54) is 18.3 Å². The van der Waals surface area contributed by atoms with Crippen LogP contribution in [0.2, 0.25) is 0 Å². The lowest BCUT2D eigenvalue weighted by Gasteiger charge is -2.25. The number of nitrogens with zero attached hydrogens (tertiary/aromatic N) is 2. The lowest BCUT2D eigenvalue weighted by molar-refractivity contribution is -0.121. The number of benzene rings is 2. The van der Waals surface area contributed by atoms with Crippen molar-refractivity contribution in [3.8, 4) is 0 Å². The van der Waals surface area contributed by atoms with Crippen molar-refractivity contribution >= 4 is 33.4 Å². The van der Waals surface area contributed by atoms with Crippen molar-refractivity contribution in [2.45, 2.75) is 35.6 Å². The molecule has 1 N–H and O–H groups in total. The second kappa shape index (κ2) is 9.85. The average molecular weight is 448 g/mol. The van der Waals surface area contributed by atoms with Crippen molar-refractivity contribution in [2.75, 3.05) is 37.8 Å². The van der Waals surface area contributed by atoms with Gasteiger partial charge in [0.15, 0.2) is 0 Å². The van der Waals surface area contributed by atoms with Crippen LogP contribution in [-0.4, -0.2) is 57.6 Å². The lowest BCUT2D eigenvalue weighted by atomic mass is 10.1. The van der Waals surface area contributed by atoms with Crippen LogP contribution in [0.15, 0.2) is 58.3 Å². The molecule has 0 radical (unpaired) electrons. The molecule has 1 amide bonds. The minimum absolute atomic E-state index is 0.192. The second-order valence-corrected chi connectivity index (χ2v) is 10.4. The molecule has 1 atom stereocenters. The van der Waals surface area contributed by atoms with Crippen LogP contribution in [-0.2, 0) is 21.2 Å². The highest BCUT2D eigenvalue weighted by molar-refractivity contribution is 7.98. The summed E-state index contributed by atoms with van der Waals surface area (Å²) >= 11 is 1.55. The molecular weight excluding hydrogens is 418 g/mol. The van der Waals surface area contributed by atoms with Crippen LogP contribution in [0.5, 0.6) is 0 Å². The number of hydrogen-bond acceptors (Lipinski definition) is 5. The molecule has 1 aliphatic rings. The van der Waals surface area contributed by atoms with Crippen LogP contribution in [0.4, 0.5) is 5.69 Å². The highest BCUT2D eigenvalue weighted by Gasteiger charge is 2.25. The fraction of sp³-hybridized carbons (Fsp3) is 0.409.